The molecule has 2 aromatic rings. The van der Waals surface area contributed by atoms with Gasteiger partial charge < -0.3 is 15.4 Å². The van der Waals surface area contributed by atoms with Crippen LogP contribution < -0.4 is 10.6 Å². The molecule has 3 heterocycles. The lowest BCUT2D eigenvalue weighted by Crippen LogP contribution is -2.38. The molecule has 0 spiro atoms. The second kappa shape index (κ2) is 4.58. The highest BCUT2D eigenvalue weighted by Crippen LogP contribution is 2.17. The average Bonchev–Trinajstić information content (AvgIpc) is 2.81. The van der Waals surface area contributed by atoms with Crippen molar-refractivity contribution in [2.24, 2.45) is 0 Å². The monoisotopic (exact) mass is 267 g/mol. The van der Waals surface area contributed by atoms with E-state index in [4.69, 9.17) is 10.5 Å². The first-order valence-electron chi connectivity index (χ1n) is 5.55. The van der Waals surface area contributed by atoms with Crippen molar-refractivity contribution in [3.05, 3.63) is 0 Å². The van der Waals surface area contributed by atoms with Gasteiger partial charge in [0.25, 0.3) is 5.78 Å². The minimum absolute atomic E-state index is 0.212. The van der Waals surface area contributed by atoms with Crippen molar-refractivity contribution >= 4 is 29.4 Å². The Morgan fingerprint density at radius 1 is 1.22 bits per heavy atom. The highest BCUT2D eigenvalue weighted by Gasteiger charge is 2.19. The number of nitrogens with two attached hydrogens (primary N) is 1. The second-order valence-electron chi connectivity index (χ2n) is 3.79. The van der Waals surface area contributed by atoms with Gasteiger partial charge in [-0.05, 0) is 6.26 Å². The Morgan fingerprint density at radius 3 is 2.72 bits per heavy atom. The van der Waals surface area contributed by atoms with E-state index in [1.807, 2.05) is 6.26 Å². The van der Waals surface area contributed by atoms with E-state index in [2.05, 4.69) is 25.0 Å². The van der Waals surface area contributed by atoms with E-state index in [-0.39, 0.29) is 5.95 Å². The van der Waals surface area contributed by atoms with Crippen molar-refractivity contribution in [2.75, 3.05) is 43.2 Å². The van der Waals surface area contributed by atoms with Crippen LogP contribution in [0.15, 0.2) is 5.16 Å². The standard InChI is InChI=1S/C9H13N7OS/c1-18-8-13-7-11-6(10)12-9(16(7)14-8)15-2-4-17-5-3-15/h2-5H2,1H3,(H2,10,11,13,14). The van der Waals surface area contributed by atoms with E-state index in [1.165, 1.54) is 11.8 Å². The van der Waals surface area contributed by atoms with Crippen LogP contribution in [0.2, 0.25) is 0 Å². The average molecular weight is 267 g/mol. The number of thioether (sulfide) groups is 1. The first-order valence-corrected chi connectivity index (χ1v) is 6.77. The lowest BCUT2D eigenvalue weighted by molar-refractivity contribution is 0.122. The predicted molar refractivity (Wildman–Crippen MR) is 67.8 cm³/mol. The summed E-state index contributed by atoms with van der Waals surface area (Å²) in [5, 5.41) is 5.01. The van der Waals surface area contributed by atoms with Crippen LogP contribution >= 0.6 is 11.8 Å². The third-order valence-electron chi connectivity index (χ3n) is 2.67. The lowest BCUT2D eigenvalue weighted by atomic mass is 10.4. The smallest absolute Gasteiger partial charge is 0.259 e. The van der Waals surface area contributed by atoms with E-state index in [9.17, 15) is 0 Å². The minimum atomic E-state index is 0.212. The van der Waals surface area contributed by atoms with Crippen molar-refractivity contribution in [1.29, 1.82) is 0 Å². The third kappa shape index (κ3) is 1.95. The van der Waals surface area contributed by atoms with E-state index in [1.54, 1.807) is 4.52 Å². The number of rotatable bonds is 2. The molecule has 1 aliphatic rings. The number of morpholine rings is 1. The molecule has 2 aromatic heterocycles. The van der Waals surface area contributed by atoms with Gasteiger partial charge in [-0.2, -0.15) is 19.5 Å². The Morgan fingerprint density at radius 2 is 2.00 bits per heavy atom. The number of anilines is 2. The van der Waals surface area contributed by atoms with Gasteiger partial charge >= 0.3 is 0 Å². The van der Waals surface area contributed by atoms with Crippen LogP contribution in [0, 0.1) is 0 Å². The van der Waals surface area contributed by atoms with Gasteiger partial charge in [-0.25, -0.2) is 0 Å². The zero-order chi connectivity index (χ0) is 12.5. The molecule has 0 radical (unpaired) electrons. The van der Waals surface area contributed by atoms with Gasteiger partial charge in [0.2, 0.25) is 17.1 Å². The maximum Gasteiger partial charge on any atom is 0.259 e. The van der Waals surface area contributed by atoms with Crippen LogP contribution in [0.1, 0.15) is 0 Å². The van der Waals surface area contributed by atoms with Crippen LogP contribution in [0.5, 0.6) is 0 Å². The van der Waals surface area contributed by atoms with Gasteiger partial charge in [0.1, 0.15) is 0 Å². The van der Waals surface area contributed by atoms with Crippen molar-refractivity contribution in [3.63, 3.8) is 0 Å². The maximum absolute atomic E-state index is 5.71. The Bertz CT molecular complexity index is 565. The normalized spacial score (nSPS) is 16.4. The molecule has 9 heteroatoms. The third-order valence-corrected chi connectivity index (χ3v) is 3.20. The quantitative estimate of drug-likeness (QED) is 0.738. The second-order valence-corrected chi connectivity index (χ2v) is 4.56. The number of fused-ring (bicyclic) bond motifs is 1. The predicted octanol–water partition coefficient (Wildman–Crippen LogP) is -0.340. The number of nitrogens with zero attached hydrogens (tertiary/aromatic N) is 6. The summed E-state index contributed by atoms with van der Waals surface area (Å²) < 4.78 is 6.96. The highest BCUT2D eigenvalue weighted by atomic mass is 32.2. The first-order chi connectivity index (χ1) is 8.78. The Hall–Kier alpha value is -1.61. The Kier molecular flexibility index (Phi) is 2.92. The molecule has 8 nitrogen and oxygen atoms in total. The van der Waals surface area contributed by atoms with Gasteiger partial charge in [0.05, 0.1) is 13.2 Å². The highest BCUT2D eigenvalue weighted by molar-refractivity contribution is 7.98. The molecule has 1 aliphatic heterocycles. The summed E-state index contributed by atoms with van der Waals surface area (Å²) in [5.74, 6) is 1.37. The van der Waals surface area contributed by atoms with Gasteiger partial charge in [0.15, 0.2) is 0 Å². The van der Waals surface area contributed by atoms with Crippen molar-refractivity contribution < 1.29 is 4.74 Å². The summed E-state index contributed by atoms with van der Waals surface area (Å²) in [6.45, 7) is 2.88. The summed E-state index contributed by atoms with van der Waals surface area (Å²) in [4.78, 5) is 14.7. The fourth-order valence-corrected chi connectivity index (χ4v) is 2.16. The Labute approximate surface area is 108 Å². The molecule has 18 heavy (non-hydrogen) atoms. The summed E-state index contributed by atoms with van der Waals surface area (Å²) in [6, 6.07) is 0. The molecular weight excluding hydrogens is 254 g/mol. The van der Waals surface area contributed by atoms with Crippen LogP contribution in [0.25, 0.3) is 5.78 Å². The van der Waals surface area contributed by atoms with Gasteiger partial charge in [-0.3, -0.25) is 0 Å². The first kappa shape index (κ1) is 11.5. The molecule has 0 saturated carbocycles. The molecular formula is C9H13N7OS. The number of aromatic nitrogens is 5. The molecule has 0 amide bonds. The number of hydrogen-bond donors (Lipinski definition) is 1. The SMILES string of the molecule is CSc1nc2nc(N)nc(N3CCOCC3)n2n1. The van der Waals surface area contributed by atoms with E-state index < -0.39 is 0 Å². The van der Waals surface area contributed by atoms with Crippen LogP contribution in [-0.4, -0.2) is 57.1 Å². The molecule has 0 atom stereocenters. The summed E-state index contributed by atoms with van der Waals surface area (Å²) in [6.07, 6.45) is 1.92. The zero-order valence-corrected chi connectivity index (χ0v) is 10.7. The van der Waals surface area contributed by atoms with Gasteiger partial charge in [-0.15, -0.1) is 5.10 Å². The minimum Gasteiger partial charge on any atom is -0.378 e. The Balaban J connectivity index is 2.10. The zero-order valence-electron chi connectivity index (χ0n) is 9.91. The molecule has 96 valence electrons. The molecule has 3 rings (SSSR count). The molecule has 1 saturated heterocycles. The number of ether oxygens (including phenoxy) is 1. The molecule has 1 fully saturated rings. The maximum atomic E-state index is 5.71. The summed E-state index contributed by atoms with van der Waals surface area (Å²) in [7, 11) is 0. The fourth-order valence-electron chi connectivity index (χ4n) is 1.82. The summed E-state index contributed by atoms with van der Waals surface area (Å²) >= 11 is 1.46. The molecule has 2 N–H and O–H groups in total. The van der Waals surface area contributed by atoms with Crippen molar-refractivity contribution in [3.8, 4) is 0 Å². The fraction of sp³-hybridized carbons (Fsp3) is 0.556. The topological polar surface area (TPSA) is 94.5 Å². The van der Waals surface area contributed by atoms with Crippen LogP contribution in [0.3, 0.4) is 0 Å². The molecule has 0 aliphatic carbocycles. The van der Waals surface area contributed by atoms with E-state index in [0.717, 1.165) is 13.1 Å². The molecule has 0 aromatic carbocycles. The van der Waals surface area contributed by atoms with Gasteiger partial charge in [-0.1, -0.05) is 11.8 Å². The van der Waals surface area contributed by atoms with Crippen molar-refractivity contribution in [2.45, 2.75) is 5.16 Å². The van der Waals surface area contributed by atoms with E-state index in [0.29, 0.717) is 30.1 Å². The number of nitrogen functional groups attached to an aromatic ring is 1. The molecule has 0 bridgehead atoms. The summed E-state index contributed by atoms with van der Waals surface area (Å²) in [5.41, 5.74) is 5.71. The van der Waals surface area contributed by atoms with Gasteiger partial charge in [0, 0.05) is 13.1 Å². The lowest BCUT2D eigenvalue weighted by Gasteiger charge is -2.27. The van der Waals surface area contributed by atoms with Crippen molar-refractivity contribution in [1.82, 2.24) is 24.6 Å². The largest absolute Gasteiger partial charge is 0.378 e. The van der Waals surface area contributed by atoms with E-state index >= 15 is 0 Å². The van der Waals surface area contributed by atoms with Crippen LogP contribution in [0.4, 0.5) is 11.9 Å². The number of hydrogen-bond acceptors (Lipinski definition) is 8. The molecule has 0 unspecified atom stereocenters. The van der Waals surface area contributed by atoms with Crippen LogP contribution in [-0.2, 0) is 4.74 Å².